The lowest BCUT2D eigenvalue weighted by Crippen LogP contribution is -2.51. The number of β-amino-alcohol motifs (C(OH)–C–C–N with tert-alkyl or cyclic N) is 1. The van der Waals surface area contributed by atoms with Crippen molar-refractivity contribution in [3.63, 3.8) is 0 Å². The maximum Gasteiger partial charge on any atom is 0.398 e. The first-order chi connectivity index (χ1) is 20.3. The van der Waals surface area contributed by atoms with Crippen molar-refractivity contribution >= 4 is 21.5 Å². The van der Waals surface area contributed by atoms with Gasteiger partial charge in [0.25, 0.3) is 0 Å². The van der Waals surface area contributed by atoms with Crippen LogP contribution in [0, 0.1) is 6.92 Å². The maximum atomic E-state index is 13.5. The minimum absolute atomic E-state index is 0.0550. The molecule has 12 heteroatoms. The number of halogens is 3. The normalized spacial score (nSPS) is 20.9. The zero-order valence-electron chi connectivity index (χ0n) is 24.1. The number of sulfonamides is 1. The first-order valence-corrected chi connectivity index (χ1v) is 15.8. The molecule has 0 spiro atoms. The summed E-state index contributed by atoms with van der Waals surface area (Å²) in [5, 5.41) is 13.9. The van der Waals surface area contributed by atoms with Gasteiger partial charge < -0.3 is 14.8 Å². The van der Waals surface area contributed by atoms with E-state index in [2.05, 4.69) is 33.5 Å². The van der Waals surface area contributed by atoms with E-state index in [-0.39, 0.29) is 36.4 Å². The third kappa shape index (κ3) is 5.29. The molecule has 1 aromatic carbocycles. The topological polar surface area (TPSA) is 99.8 Å². The molecule has 4 heterocycles. The number of hydrogen-bond donors (Lipinski definition) is 2. The molecule has 43 heavy (non-hydrogen) atoms. The van der Waals surface area contributed by atoms with Crippen LogP contribution in [-0.2, 0) is 15.4 Å². The highest BCUT2D eigenvalue weighted by molar-refractivity contribution is 7.89. The van der Waals surface area contributed by atoms with Gasteiger partial charge in [-0.2, -0.15) is 17.5 Å². The van der Waals surface area contributed by atoms with Crippen molar-refractivity contribution in [1.29, 1.82) is 0 Å². The average molecular weight is 614 g/mol. The number of pyridine rings is 2. The summed E-state index contributed by atoms with van der Waals surface area (Å²) in [5.41, 5.74) is 3.15. The molecular weight excluding hydrogens is 579 g/mol. The first kappa shape index (κ1) is 29.6. The molecule has 1 aliphatic heterocycles. The van der Waals surface area contributed by atoms with Gasteiger partial charge >= 0.3 is 6.18 Å². The van der Waals surface area contributed by atoms with Crippen LogP contribution in [0.25, 0.3) is 16.8 Å². The molecule has 2 atom stereocenters. The number of nitrogens with zero attached hydrogens (tertiary/aromatic N) is 4. The van der Waals surface area contributed by atoms with Crippen molar-refractivity contribution in [2.75, 3.05) is 18.4 Å². The molecule has 2 fully saturated rings. The Morgan fingerprint density at radius 1 is 1.05 bits per heavy atom. The van der Waals surface area contributed by atoms with Crippen LogP contribution < -0.4 is 5.32 Å². The molecule has 0 bridgehead atoms. The van der Waals surface area contributed by atoms with E-state index in [1.165, 1.54) is 22.6 Å². The van der Waals surface area contributed by atoms with Gasteiger partial charge in [0.05, 0.1) is 22.5 Å². The number of rotatable bonds is 7. The van der Waals surface area contributed by atoms with Crippen molar-refractivity contribution < 1.29 is 26.7 Å². The number of aromatic nitrogens is 3. The van der Waals surface area contributed by atoms with Gasteiger partial charge in [0.2, 0.25) is 10.0 Å². The molecule has 8 nitrogen and oxygen atoms in total. The van der Waals surface area contributed by atoms with Crippen LogP contribution in [0.2, 0.25) is 0 Å². The van der Waals surface area contributed by atoms with E-state index in [1.54, 1.807) is 24.3 Å². The fraction of sp³-hybridized carbons (Fsp3) is 0.419. The lowest BCUT2D eigenvalue weighted by molar-refractivity contribution is -0.160. The zero-order valence-corrected chi connectivity index (χ0v) is 25.0. The summed E-state index contributed by atoms with van der Waals surface area (Å²) in [6.45, 7) is 6.27. The SMILES string of the molecule is Cc1cc(-c2ccc(S(=O)(=O)N3CC[C@@H](Nc4ccc(C5(C(F)(F)F)CC5)cn4)[C@@H](O)C3)cc2)cn2c(C(C)C)cnc12. The van der Waals surface area contributed by atoms with Crippen molar-refractivity contribution in [2.45, 2.75) is 74.6 Å². The lowest BCUT2D eigenvalue weighted by atomic mass is 9.97. The number of imidazole rings is 1. The van der Waals surface area contributed by atoms with Crippen molar-refractivity contribution in [3.8, 4) is 11.1 Å². The molecule has 1 aliphatic carbocycles. The second-order valence-electron chi connectivity index (χ2n) is 11.9. The average Bonchev–Trinajstić information content (AvgIpc) is 3.68. The number of nitrogens with one attached hydrogen (secondary N) is 1. The molecule has 1 saturated carbocycles. The van der Waals surface area contributed by atoms with Gasteiger partial charge in [-0.3, -0.25) is 0 Å². The zero-order chi connectivity index (χ0) is 30.7. The first-order valence-electron chi connectivity index (χ1n) is 14.4. The van der Waals surface area contributed by atoms with E-state index in [4.69, 9.17) is 0 Å². The molecule has 2 aliphatic rings. The number of fused-ring (bicyclic) bond motifs is 1. The summed E-state index contributed by atoms with van der Waals surface area (Å²) in [7, 11) is -3.86. The minimum atomic E-state index is -4.32. The molecular formula is C31H34F3N5O3S. The summed E-state index contributed by atoms with van der Waals surface area (Å²) < 4.78 is 70.5. The molecule has 1 saturated heterocycles. The summed E-state index contributed by atoms with van der Waals surface area (Å²) in [4.78, 5) is 8.82. The third-order valence-corrected chi connectivity index (χ3v) is 10.6. The second kappa shape index (κ2) is 10.6. The molecule has 3 aromatic heterocycles. The Balaban J connectivity index is 1.13. The standard InChI is InChI=1S/C31H34F3N5O3S/c1-19(2)26-16-36-29-20(3)14-22(17-39(26)29)21-4-7-24(8-5-21)43(41,42)38-13-10-25(27(40)18-38)37-28-9-6-23(15-35-28)30(11-12-30)31(32,33)34/h4-9,14-17,19,25,27,40H,10-13,18H2,1-3H3,(H,35,37)/t25-,27+/m1/s1. The number of piperidine rings is 1. The Hall–Kier alpha value is -3.48. The highest BCUT2D eigenvalue weighted by Gasteiger charge is 2.64. The van der Waals surface area contributed by atoms with Gasteiger partial charge in [-0.25, -0.2) is 18.4 Å². The molecule has 228 valence electrons. The summed E-state index contributed by atoms with van der Waals surface area (Å²) in [6, 6.07) is 11.2. The molecule has 0 unspecified atom stereocenters. The van der Waals surface area contributed by atoms with Crippen LogP contribution in [0.15, 0.2) is 66.0 Å². The van der Waals surface area contributed by atoms with Gasteiger partial charge in [0.15, 0.2) is 0 Å². The number of hydrogen-bond acceptors (Lipinski definition) is 6. The molecule has 0 amide bonds. The Labute approximate surface area is 248 Å². The van der Waals surface area contributed by atoms with E-state index in [9.17, 15) is 26.7 Å². The minimum Gasteiger partial charge on any atom is -0.390 e. The largest absolute Gasteiger partial charge is 0.398 e. The predicted molar refractivity (Wildman–Crippen MR) is 157 cm³/mol. The quantitative estimate of drug-likeness (QED) is 0.279. The van der Waals surface area contributed by atoms with Crippen LogP contribution in [0.5, 0.6) is 0 Å². The Bertz CT molecular complexity index is 1750. The lowest BCUT2D eigenvalue weighted by Gasteiger charge is -2.35. The van der Waals surface area contributed by atoms with Crippen LogP contribution in [0.1, 0.15) is 55.8 Å². The predicted octanol–water partition coefficient (Wildman–Crippen LogP) is 5.66. The summed E-state index contributed by atoms with van der Waals surface area (Å²) >= 11 is 0. The van der Waals surface area contributed by atoms with Crippen LogP contribution in [-0.4, -0.2) is 63.6 Å². The monoisotopic (exact) mass is 613 g/mol. The maximum absolute atomic E-state index is 13.5. The molecule has 2 N–H and O–H groups in total. The fourth-order valence-corrected chi connectivity index (χ4v) is 7.40. The van der Waals surface area contributed by atoms with E-state index < -0.39 is 33.8 Å². The fourth-order valence-electron chi connectivity index (χ4n) is 5.93. The van der Waals surface area contributed by atoms with Crippen LogP contribution in [0.3, 0.4) is 0 Å². The summed E-state index contributed by atoms with van der Waals surface area (Å²) in [6.07, 6.45) is 0.197. The molecule has 6 rings (SSSR count). The highest BCUT2D eigenvalue weighted by atomic mass is 32.2. The second-order valence-corrected chi connectivity index (χ2v) is 13.9. The Morgan fingerprint density at radius 3 is 2.35 bits per heavy atom. The number of aliphatic hydroxyl groups excluding tert-OH is 1. The van der Waals surface area contributed by atoms with Gasteiger partial charge in [-0.15, -0.1) is 0 Å². The Kier molecular flexibility index (Phi) is 7.29. The van der Waals surface area contributed by atoms with Crippen molar-refractivity contribution in [3.05, 3.63) is 77.9 Å². The number of aliphatic hydroxyl groups is 1. The van der Waals surface area contributed by atoms with Crippen molar-refractivity contribution in [2.24, 2.45) is 0 Å². The van der Waals surface area contributed by atoms with Gasteiger partial charge in [-0.05, 0) is 78.6 Å². The molecule has 4 aromatic rings. The third-order valence-electron chi connectivity index (χ3n) is 8.72. The number of benzene rings is 1. The summed E-state index contributed by atoms with van der Waals surface area (Å²) in [5.74, 6) is 0.629. The van der Waals surface area contributed by atoms with Crippen LogP contribution >= 0.6 is 0 Å². The van der Waals surface area contributed by atoms with Gasteiger partial charge in [0.1, 0.15) is 11.5 Å². The van der Waals surface area contributed by atoms with E-state index in [1.807, 2.05) is 25.4 Å². The van der Waals surface area contributed by atoms with E-state index >= 15 is 0 Å². The number of alkyl halides is 3. The number of anilines is 1. The van der Waals surface area contributed by atoms with E-state index in [0.717, 1.165) is 28.0 Å². The Morgan fingerprint density at radius 2 is 1.77 bits per heavy atom. The smallest absolute Gasteiger partial charge is 0.390 e. The molecule has 0 radical (unpaired) electrons. The van der Waals surface area contributed by atoms with E-state index in [0.29, 0.717) is 18.2 Å². The van der Waals surface area contributed by atoms with Crippen LogP contribution in [0.4, 0.5) is 19.0 Å². The highest BCUT2D eigenvalue weighted by Crippen LogP contribution is 2.58. The number of aryl methyl sites for hydroxylation is 1. The van der Waals surface area contributed by atoms with Crippen molar-refractivity contribution in [1.82, 2.24) is 18.7 Å². The van der Waals surface area contributed by atoms with Gasteiger partial charge in [0, 0.05) is 37.4 Å². The van der Waals surface area contributed by atoms with Gasteiger partial charge in [-0.1, -0.05) is 32.0 Å².